The largest absolute Gasteiger partial charge is 0.493 e. The minimum atomic E-state index is -1.00. The van der Waals surface area contributed by atoms with Gasteiger partial charge in [-0.05, 0) is 26.7 Å². The Morgan fingerprint density at radius 3 is 2.12 bits per heavy atom. The van der Waals surface area contributed by atoms with Crippen molar-refractivity contribution in [3.8, 4) is 5.75 Å². The molecule has 1 aromatic rings. The van der Waals surface area contributed by atoms with Gasteiger partial charge in [0.05, 0.1) is 18.7 Å². The van der Waals surface area contributed by atoms with Crippen LogP contribution in [0.15, 0.2) is 31.5 Å². The van der Waals surface area contributed by atoms with Gasteiger partial charge in [-0.2, -0.15) is 0 Å². The van der Waals surface area contributed by atoms with Gasteiger partial charge < -0.3 is 19.7 Å². The van der Waals surface area contributed by atoms with Crippen molar-refractivity contribution in [1.82, 2.24) is 5.32 Å². The number of hydrogen-bond donors (Lipinski definition) is 2. The van der Waals surface area contributed by atoms with E-state index in [1.165, 1.54) is 101 Å². The molecule has 0 aromatic carbocycles. The minimum absolute atomic E-state index is 0.263. The summed E-state index contributed by atoms with van der Waals surface area (Å²) in [6.45, 7) is 8.23. The number of nitrogens with one attached hydrogen (secondary N) is 1. The fourth-order valence-corrected chi connectivity index (χ4v) is 6.25. The van der Waals surface area contributed by atoms with Crippen molar-refractivity contribution in [1.29, 1.82) is 0 Å². The van der Waals surface area contributed by atoms with E-state index in [1.807, 2.05) is 6.92 Å². The first-order valence-electron chi connectivity index (χ1n) is 16.3. The van der Waals surface area contributed by atoms with Crippen LogP contribution in [0.3, 0.4) is 0 Å². The summed E-state index contributed by atoms with van der Waals surface area (Å²) < 4.78 is 11.4. The molecule has 0 saturated heterocycles. The van der Waals surface area contributed by atoms with Crippen LogP contribution in [0.5, 0.6) is 5.75 Å². The van der Waals surface area contributed by atoms with Gasteiger partial charge in [-0.15, -0.1) is 11.8 Å². The van der Waals surface area contributed by atoms with Crippen molar-refractivity contribution in [2.24, 2.45) is 10.1 Å². The van der Waals surface area contributed by atoms with Crippen molar-refractivity contribution >= 4 is 28.4 Å². The average Bonchev–Trinajstić information content (AvgIpc) is 3.39. The van der Waals surface area contributed by atoms with E-state index in [2.05, 4.69) is 22.4 Å². The van der Waals surface area contributed by atoms with Gasteiger partial charge in [0.1, 0.15) is 27.8 Å². The Balaban J connectivity index is 1.70. The number of nitrogens with zero attached hydrogens (tertiary/aromatic N) is 2. The number of carbonyl (C=O) groups excluding carboxylic acids is 1. The van der Waals surface area contributed by atoms with Gasteiger partial charge in [0.25, 0.3) is 0 Å². The number of hydrogen-bond acceptors (Lipinski definition) is 8. The van der Waals surface area contributed by atoms with Crippen molar-refractivity contribution < 1.29 is 19.2 Å². The zero-order valence-corrected chi connectivity index (χ0v) is 27.4. The topological polar surface area (TPSA) is 113 Å². The third-order valence-electron chi connectivity index (χ3n) is 7.79. The molecule has 8 nitrogen and oxygen atoms in total. The zero-order chi connectivity index (χ0) is 30.6. The Hall–Kier alpha value is -2.29. The number of aliphatic imine (C=N–C) groups is 1. The minimum Gasteiger partial charge on any atom is -0.493 e. The van der Waals surface area contributed by atoms with Crippen LogP contribution in [0.2, 0.25) is 0 Å². The van der Waals surface area contributed by atoms with Crippen LogP contribution in [0.1, 0.15) is 149 Å². The highest BCUT2D eigenvalue weighted by molar-refractivity contribution is 8.16. The first-order chi connectivity index (χ1) is 20.3. The highest BCUT2D eigenvalue weighted by Gasteiger charge is 2.40. The monoisotopic (exact) mass is 605 g/mol. The molecule has 2 atom stereocenters. The van der Waals surface area contributed by atoms with E-state index in [0.29, 0.717) is 41.0 Å². The summed E-state index contributed by atoms with van der Waals surface area (Å²) in [5, 5.41) is 15.8. The molecule has 0 bridgehead atoms. The number of rotatable bonds is 23. The zero-order valence-electron chi connectivity index (χ0n) is 26.5. The molecule has 1 aliphatic rings. The molecule has 238 valence electrons. The number of unbranched alkanes of at least 4 members (excludes halogenated alkanes) is 14. The Morgan fingerprint density at radius 2 is 1.57 bits per heavy atom. The molecule has 2 N–H and O–H groups in total. The Kier molecular flexibility index (Phi) is 17.6. The molecule has 2 rings (SSSR count). The maximum Gasteiger partial charge on any atom is 0.339 e. The van der Waals surface area contributed by atoms with Gasteiger partial charge in [0.2, 0.25) is 5.91 Å². The summed E-state index contributed by atoms with van der Waals surface area (Å²) in [7, 11) is 0. The number of ether oxygens (including phenoxy) is 1. The Labute approximate surface area is 257 Å². The second kappa shape index (κ2) is 20.6. The van der Waals surface area contributed by atoms with Gasteiger partial charge >= 0.3 is 5.63 Å². The highest BCUT2D eigenvalue weighted by Crippen LogP contribution is 2.30. The molecular formula is C33H55N3O5S. The predicted octanol–water partition coefficient (Wildman–Crippen LogP) is 8.60. The summed E-state index contributed by atoms with van der Waals surface area (Å²) in [6.07, 6.45) is 21.0. The smallest absolute Gasteiger partial charge is 0.339 e. The van der Waals surface area contributed by atoms with Crippen molar-refractivity contribution in [3.05, 3.63) is 28.3 Å². The van der Waals surface area contributed by atoms with Crippen LogP contribution in [-0.4, -0.2) is 39.8 Å². The molecule has 0 radical (unpaired) electrons. The van der Waals surface area contributed by atoms with Gasteiger partial charge in [0.15, 0.2) is 0 Å². The first kappa shape index (κ1) is 35.9. The second-order valence-corrected chi connectivity index (χ2v) is 12.8. The Bertz CT molecular complexity index is 1040. The third kappa shape index (κ3) is 13.3. The van der Waals surface area contributed by atoms with E-state index in [0.717, 1.165) is 19.3 Å². The lowest BCUT2D eigenvalue weighted by Gasteiger charge is -2.24. The molecular weight excluding hydrogens is 550 g/mol. The normalized spacial score (nSPS) is 17.7. The third-order valence-corrected chi connectivity index (χ3v) is 9.16. The number of amides is 1. The summed E-state index contributed by atoms with van der Waals surface area (Å²) in [5.41, 5.74) is -1.11. The molecule has 42 heavy (non-hydrogen) atoms. The molecule has 1 aromatic heterocycles. The molecule has 0 spiro atoms. The maximum atomic E-state index is 13.2. The van der Waals surface area contributed by atoms with Gasteiger partial charge in [-0.25, -0.2) is 4.79 Å². The van der Waals surface area contributed by atoms with Gasteiger partial charge in [-0.3, -0.25) is 9.79 Å². The summed E-state index contributed by atoms with van der Waals surface area (Å²) >= 11 is 1.38. The highest BCUT2D eigenvalue weighted by atomic mass is 32.2. The van der Waals surface area contributed by atoms with Gasteiger partial charge in [0, 0.05) is 11.8 Å². The van der Waals surface area contributed by atoms with Crippen LogP contribution in [0, 0.1) is 0 Å². The van der Waals surface area contributed by atoms with Crippen molar-refractivity contribution in [2.45, 2.75) is 148 Å². The number of oxime groups is 1. The van der Waals surface area contributed by atoms with Crippen LogP contribution >= 0.6 is 11.8 Å². The molecule has 1 aliphatic heterocycles. The second-order valence-electron chi connectivity index (χ2n) is 11.8. The maximum absolute atomic E-state index is 13.2. The van der Waals surface area contributed by atoms with Crippen LogP contribution in [-0.2, 0) is 4.79 Å². The lowest BCUT2D eigenvalue weighted by atomic mass is 10.0. The molecule has 2 heterocycles. The first-order valence-corrected chi connectivity index (χ1v) is 17.3. The van der Waals surface area contributed by atoms with E-state index in [4.69, 9.17) is 14.4 Å². The van der Waals surface area contributed by atoms with Crippen LogP contribution in [0.25, 0.3) is 0 Å². The number of thioether (sulfide) groups is 1. The molecule has 1 amide bonds. The lowest BCUT2D eigenvalue weighted by Crippen LogP contribution is -2.45. The number of carbonyl (C=O) groups is 1. The quantitative estimate of drug-likeness (QED) is 0.0559. The lowest BCUT2D eigenvalue weighted by molar-refractivity contribution is -0.125. The molecule has 0 saturated carbocycles. The predicted molar refractivity (Wildman–Crippen MR) is 174 cm³/mol. The van der Waals surface area contributed by atoms with Crippen LogP contribution in [0.4, 0.5) is 0 Å². The summed E-state index contributed by atoms with van der Waals surface area (Å²) in [4.78, 5) is 30.0. The van der Waals surface area contributed by atoms with E-state index in [1.54, 1.807) is 19.9 Å². The van der Waals surface area contributed by atoms with Crippen molar-refractivity contribution in [3.63, 3.8) is 0 Å². The van der Waals surface area contributed by atoms with E-state index >= 15 is 0 Å². The molecule has 0 fully saturated rings. The fourth-order valence-electron chi connectivity index (χ4n) is 5.12. The summed E-state index contributed by atoms with van der Waals surface area (Å²) in [5.74, 6) is 1.03. The molecule has 0 unspecified atom stereocenters. The van der Waals surface area contributed by atoms with E-state index < -0.39 is 17.2 Å². The van der Waals surface area contributed by atoms with E-state index in [9.17, 15) is 9.59 Å². The Morgan fingerprint density at radius 1 is 1.00 bits per heavy atom. The van der Waals surface area contributed by atoms with Crippen molar-refractivity contribution in [2.75, 3.05) is 12.4 Å². The fraction of sp³-hybridized carbons (Fsp3) is 0.758. The van der Waals surface area contributed by atoms with Crippen LogP contribution < -0.4 is 15.7 Å². The summed E-state index contributed by atoms with van der Waals surface area (Å²) in [6, 6.07) is 2.61. The average molecular weight is 606 g/mol. The standard InChI is InChI=1S/C33H55N3O5S/c1-5-7-8-9-10-11-12-13-14-15-16-17-18-19-20-22-40-27-23-29(41-30(37)24-27)28(21-6-2)34-32(38)33(4)25-42-31(35-33)26(3)36-39/h23-24,28,39H,5-22,25H2,1-4H3,(H,34,38)/b36-26-/t28-,33+/m1/s1. The molecule has 9 heteroatoms. The van der Waals surface area contributed by atoms with Gasteiger partial charge in [-0.1, -0.05) is 115 Å². The molecule has 0 aliphatic carbocycles. The van der Waals surface area contributed by atoms with E-state index in [-0.39, 0.29) is 5.91 Å². The SMILES string of the molecule is CCCCCCCCCCCCCCCCCOc1cc([C@@H](CCC)NC(=O)[C@]2(C)CSC(/C(C)=N\O)=N2)oc(=O)c1.